The molecule has 5 heteroatoms. The molecule has 0 aromatic heterocycles. The third-order valence-electron chi connectivity index (χ3n) is 5.42. The summed E-state index contributed by atoms with van der Waals surface area (Å²) in [5.41, 5.74) is 4.17. The molecule has 3 atom stereocenters. The number of hydrogen-bond donors (Lipinski definition) is 0. The number of rotatable bonds is 4. The molecule has 0 N–H and O–H groups in total. The average Bonchev–Trinajstić information content (AvgIpc) is 3.23. The maximum Gasteiger partial charge on any atom is 0.147 e. The smallest absolute Gasteiger partial charge is 0.147 e. The van der Waals surface area contributed by atoms with E-state index in [1.807, 2.05) is 0 Å². The Morgan fingerprint density at radius 2 is 2.35 bits per heavy atom. The second kappa shape index (κ2) is 6.19. The fraction of sp³-hybridized carbons (Fsp3) is 0.611. The number of ether oxygens (including phenoxy) is 3. The lowest BCUT2D eigenvalue weighted by Crippen LogP contribution is -2.44. The quantitative estimate of drug-likeness (QED) is 0.753. The van der Waals surface area contributed by atoms with Crippen molar-refractivity contribution in [3.63, 3.8) is 0 Å². The Morgan fingerprint density at radius 1 is 1.43 bits per heavy atom. The summed E-state index contributed by atoms with van der Waals surface area (Å²) in [6.45, 7) is 2.06. The predicted octanol–water partition coefficient (Wildman–Crippen LogP) is 3.25. The summed E-state index contributed by atoms with van der Waals surface area (Å²) in [5, 5.41) is 0. The fourth-order valence-electron chi connectivity index (χ4n) is 4.25. The van der Waals surface area contributed by atoms with E-state index in [9.17, 15) is 0 Å². The van der Waals surface area contributed by atoms with Crippen LogP contribution in [0.3, 0.4) is 0 Å². The summed E-state index contributed by atoms with van der Waals surface area (Å²) in [4.78, 5) is 5.21. The third-order valence-corrected chi connectivity index (χ3v) is 6.18. The van der Waals surface area contributed by atoms with E-state index >= 15 is 0 Å². The van der Waals surface area contributed by atoms with Gasteiger partial charge in [0.15, 0.2) is 0 Å². The van der Waals surface area contributed by atoms with Gasteiger partial charge in [-0.15, -0.1) is 0 Å². The summed E-state index contributed by atoms with van der Waals surface area (Å²) >= 11 is 3.87. The Bertz CT molecular complexity index is 627. The molecule has 1 aromatic rings. The summed E-state index contributed by atoms with van der Waals surface area (Å²) in [5.74, 6) is 0.933. The van der Waals surface area contributed by atoms with Crippen molar-refractivity contribution in [1.82, 2.24) is 0 Å². The second-order valence-corrected chi connectivity index (χ2v) is 7.72. The van der Waals surface area contributed by atoms with Crippen molar-refractivity contribution in [3.05, 3.63) is 29.3 Å². The van der Waals surface area contributed by atoms with E-state index in [0.717, 1.165) is 38.0 Å². The van der Waals surface area contributed by atoms with E-state index < -0.39 is 0 Å². The summed E-state index contributed by atoms with van der Waals surface area (Å²) < 4.78 is 16.5. The lowest BCUT2D eigenvalue weighted by atomic mass is 9.65. The Labute approximate surface area is 145 Å². The van der Waals surface area contributed by atoms with Gasteiger partial charge < -0.3 is 14.2 Å². The van der Waals surface area contributed by atoms with Crippen molar-refractivity contribution in [2.45, 2.75) is 42.0 Å². The molecular formula is C18H22BrNO3. The maximum absolute atomic E-state index is 5.65. The lowest BCUT2D eigenvalue weighted by molar-refractivity contribution is 0.0430. The number of benzene rings is 1. The Balaban J connectivity index is 1.71. The average molecular weight is 380 g/mol. The van der Waals surface area contributed by atoms with Gasteiger partial charge in [-0.2, -0.15) is 0 Å². The molecule has 0 saturated carbocycles. The van der Waals surface area contributed by atoms with Crippen LogP contribution in [-0.2, 0) is 21.3 Å². The van der Waals surface area contributed by atoms with Crippen LogP contribution < -0.4 is 4.74 Å². The van der Waals surface area contributed by atoms with E-state index in [1.54, 1.807) is 7.11 Å². The first kappa shape index (κ1) is 15.6. The Kier molecular flexibility index (Phi) is 4.20. The van der Waals surface area contributed by atoms with E-state index in [-0.39, 0.29) is 11.5 Å². The summed E-state index contributed by atoms with van der Waals surface area (Å²) in [6.07, 6.45) is 4.37. The molecule has 0 amide bonds. The lowest BCUT2D eigenvalue weighted by Gasteiger charge is -2.40. The van der Waals surface area contributed by atoms with Gasteiger partial charge in [0.2, 0.25) is 0 Å². The SMILES string of the molecule is COc1ccc2c(c1)C1(CCC3COCO3)CCN=C1C(Br)C2. The molecule has 4 nitrogen and oxygen atoms in total. The third kappa shape index (κ3) is 2.63. The molecule has 2 heterocycles. The molecule has 4 rings (SSSR count). The topological polar surface area (TPSA) is 40.0 Å². The molecule has 0 bridgehead atoms. The zero-order chi connectivity index (χ0) is 15.9. The van der Waals surface area contributed by atoms with Crippen molar-refractivity contribution >= 4 is 21.6 Å². The molecule has 3 aliphatic rings. The highest BCUT2D eigenvalue weighted by Crippen LogP contribution is 2.47. The first-order valence-electron chi connectivity index (χ1n) is 8.28. The largest absolute Gasteiger partial charge is 0.497 e. The highest BCUT2D eigenvalue weighted by atomic mass is 79.9. The number of aliphatic imine (C=N–C) groups is 1. The number of fused-ring (bicyclic) bond motifs is 3. The minimum atomic E-state index is 0.0300. The van der Waals surface area contributed by atoms with Crippen LogP contribution in [0.5, 0.6) is 5.75 Å². The van der Waals surface area contributed by atoms with Crippen LogP contribution in [0, 0.1) is 0 Å². The Hall–Kier alpha value is -0.910. The molecule has 1 fully saturated rings. The Morgan fingerprint density at radius 3 is 3.13 bits per heavy atom. The molecule has 124 valence electrons. The first-order valence-corrected chi connectivity index (χ1v) is 9.20. The zero-order valence-electron chi connectivity index (χ0n) is 13.4. The molecule has 0 radical (unpaired) electrons. The molecule has 1 saturated heterocycles. The van der Waals surface area contributed by atoms with Gasteiger partial charge in [-0.05, 0) is 48.9 Å². The fourth-order valence-corrected chi connectivity index (χ4v) is 5.18. The molecule has 1 aliphatic carbocycles. The second-order valence-electron chi connectivity index (χ2n) is 6.61. The minimum absolute atomic E-state index is 0.0300. The summed E-state index contributed by atoms with van der Waals surface area (Å²) in [7, 11) is 1.73. The van der Waals surface area contributed by atoms with Gasteiger partial charge in [0, 0.05) is 17.7 Å². The highest BCUT2D eigenvalue weighted by Gasteiger charge is 2.47. The van der Waals surface area contributed by atoms with E-state index in [1.165, 1.54) is 16.8 Å². The number of halogens is 1. The van der Waals surface area contributed by atoms with E-state index in [4.69, 9.17) is 19.2 Å². The van der Waals surface area contributed by atoms with Gasteiger partial charge in [-0.3, -0.25) is 4.99 Å². The van der Waals surface area contributed by atoms with E-state index in [2.05, 4.69) is 34.1 Å². The van der Waals surface area contributed by atoms with Crippen molar-refractivity contribution in [1.29, 1.82) is 0 Å². The van der Waals surface area contributed by atoms with Crippen LogP contribution in [0.2, 0.25) is 0 Å². The molecule has 1 aromatic carbocycles. The standard InChI is InChI=1S/C18H22BrNO3/c1-21-13-3-2-12-8-16(19)17-18(6-7-20-17,15(12)9-13)5-4-14-10-22-11-23-14/h2-3,9,14,16H,4-8,10-11H2,1H3. The number of hydrogen-bond acceptors (Lipinski definition) is 4. The maximum atomic E-state index is 5.65. The van der Waals surface area contributed by atoms with Crippen molar-refractivity contribution in [3.8, 4) is 5.75 Å². The normalized spacial score (nSPS) is 32.3. The number of methoxy groups -OCH3 is 1. The van der Waals surface area contributed by atoms with Crippen molar-refractivity contribution in [2.75, 3.05) is 27.1 Å². The van der Waals surface area contributed by atoms with E-state index in [0.29, 0.717) is 18.2 Å². The zero-order valence-corrected chi connectivity index (χ0v) is 15.0. The monoisotopic (exact) mass is 379 g/mol. The van der Waals surface area contributed by atoms with Gasteiger partial charge in [0.05, 0.1) is 24.6 Å². The van der Waals surface area contributed by atoms with Crippen LogP contribution in [-0.4, -0.2) is 43.7 Å². The molecule has 23 heavy (non-hydrogen) atoms. The van der Waals surface area contributed by atoms with Gasteiger partial charge in [-0.1, -0.05) is 22.0 Å². The van der Waals surface area contributed by atoms with Gasteiger partial charge in [0.1, 0.15) is 12.5 Å². The molecule has 0 spiro atoms. The highest BCUT2D eigenvalue weighted by molar-refractivity contribution is 9.10. The molecular weight excluding hydrogens is 358 g/mol. The van der Waals surface area contributed by atoms with Crippen LogP contribution in [0.1, 0.15) is 30.4 Å². The first-order chi connectivity index (χ1) is 11.2. The van der Waals surface area contributed by atoms with Crippen LogP contribution in [0.4, 0.5) is 0 Å². The van der Waals surface area contributed by atoms with Crippen molar-refractivity contribution in [2.24, 2.45) is 4.99 Å². The van der Waals surface area contributed by atoms with Gasteiger partial charge in [-0.25, -0.2) is 0 Å². The molecule has 2 aliphatic heterocycles. The van der Waals surface area contributed by atoms with Crippen LogP contribution in [0.15, 0.2) is 23.2 Å². The van der Waals surface area contributed by atoms with Gasteiger partial charge in [0.25, 0.3) is 0 Å². The predicted molar refractivity (Wildman–Crippen MR) is 92.9 cm³/mol. The number of alkyl halides is 1. The summed E-state index contributed by atoms with van der Waals surface area (Å²) in [6, 6.07) is 6.51. The van der Waals surface area contributed by atoms with Crippen molar-refractivity contribution < 1.29 is 14.2 Å². The van der Waals surface area contributed by atoms with Gasteiger partial charge >= 0.3 is 0 Å². The minimum Gasteiger partial charge on any atom is -0.497 e. The molecule has 3 unspecified atom stereocenters. The van der Waals surface area contributed by atoms with Crippen LogP contribution >= 0.6 is 15.9 Å². The van der Waals surface area contributed by atoms with Crippen LogP contribution in [0.25, 0.3) is 0 Å². The number of nitrogens with zero attached hydrogens (tertiary/aromatic N) is 1.